The molecular formula is C19H17N5O2S. The molecule has 2 aromatic carbocycles. The molecule has 0 unspecified atom stereocenters. The summed E-state index contributed by atoms with van der Waals surface area (Å²) in [6, 6.07) is 16.7. The molecule has 0 aliphatic carbocycles. The smallest absolute Gasteiger partial charge is 0.257 e. The number of anilines is 1. The summed E-state index contributed by atoms with van der Waals surface area (Å²) in [6.07, 6.45) is 1.59. The first-order valence-corrected chi connectivity index (χ1v) is 8.99. The highest BCUT2D eigenvalue weighted by Crippen LogP contribution is 2.17. The molecule has 2 amide bonds. The van der Waals surface area contributed by atoms with Crippen LogP contribution in [0.5, 0.6) is 0 Å². The molecule has 7 nitrogen and oxygen atoms in total. The normalized spacial score (nSPS) is 10.7. The van der Waals surface area contributed by atoms with Gasteiger partial charge in [0.15, 0.2) is 0 Å². The molecule has 0 spiro atoms. The molecule has 0 aliphatic heterocycles. The molecule has 0 saturated carbocycles. The van der Waals surface area contributed by atoms with Gasteiger partial charge in [0.25, 0.3) is 5.91 Å². The molecule has 136 valence electrons. The molecule has 0 aliphatic rings. The summed E-state index contributed by atoms with van der Waals surface area (Å²) < 4.78 is 0. The quantitative estimate of drug-likeness (QED) is 0.508. The van der Waals surface area contributed by atoms with E-state index in [9.17, 15) is 9.59 Å². The highest BCUT2D eigenvalue weighted by molar-refractivity contribution is 7.15. The molecule has 2 N–H and O–H groups in total. The SMILES string of the molecule is Cc1cccc(C(=O)Nc2nnc(CC(=O)N/N=C\c3ccccc3)s2)c1. The van der Waals surface area contributed by atoms with Gasteiger partial charge in [0.2, 0.25) is 11.0 Å². The van der Waals surface area contributed by atoms with Gasteiger partial charge >= 0.3 is 0 Å². The first-order valence-electron chi connectivity index (χ1n) is 8.17. The van der Waals surface area contributed by atoms with Crippen LogP contribution in [0.1, 0.15) is 26.5 Å². The van der Waals surface area contributed by atoms with E-state index < -0.39 is 0 Å². The lowest BCUT2D eigenvalue weighted by atomic mass is 10.1. The van der Waals surface area contributed by atoms with Crippen molar-refractivity contribution in [3.05, 3.63) is 76.3 Å². The van der Waals surface area contributed by atoms with E-state index in [1.165, 1.54) is 0 Å². The van der Waals surface area contributed by atoms with Gasteiger partial charge < -0.3 is 0 Å². The first-order chi connectivity index (χ1) is 13.1. The summed E-state index contributed by atoms with van der Waals surface area (Å²) in [5, 5.41) is 15.3. The van der Waals surface area contributed by atoms with Crippen molar-refractivity contribution in [2.45, 2.75) is 13.3 Å². The monoisotopic (exact) mass is 379 g/mol. The average molecular weight is 379 g/mol. The lowest BCUT2D eigenvalue weighted by molar-refractivity contribution is -0.120. The predicted octanol–water partition coefficient (Wildman–Crippen LogP) is 2.79. The van der Waals surface area contributed by atoms with Crippen molar-refractivity contribution in [1.82, 2.24) is 15.6 Å². The summed E-state index contributed by atoms with van der Waals surface area (Å²) in [5.41, 5.74) is 4.86. The summed E-state index contributed by atoms with van der Waals surface area (Å²) in [7, 11) is 0. The zero-order chi connectivity index (χ0) is 19.1. The second-order valence-corrected chi connectivity index (χ2v) is 6.77. The van der Waals surface area contributed by atoms with Gasteiger partial charge in [0, 0.05) is 5.56 Å². The Kier molecular flexibility index (Phi) is 6.01. The molecule has 0 bridgehead atoms. The molecule has 1 aromatic heterocycles. The van der Waals surface area contributed by atoms with Crippen LogP contribution in [0.4, 0.5) is 5.13 Å². The highest BCUT2D eigenvalue weighted by atomic mass is 32.1. The van der Waals surface area contributed by atoms with Crippen LogP contribution in [0.25, 0.3) is 0 Å². The number of aromatic nitrogens is 2. The van der Waals surface area contributed by atoms with Crippen molar-refractivity contribution < 1.29 is 9.59 Å². The summed E-state index contributed by atoms with van der Waals surface area (Å²) in [5.74, 6) is -0.576. The van der Waals surface area contributed by atoms with Crippen LogP contribution >= 0.6 is 11.3 Å². The van der Waals surface area contributed by atoms with Gasteiger partial charge in [0.05, 0.1) is 12.6 Å². The molecule has 0 saturated heterocycles. The lowest BCUT2D eigenvalue weighted by Crippen LogP contribution is -2.19. The van der Waals surface area contributed by atoms with E-state index in [-0.39, 0.29) is 18.2 Å². The van der Waals surface area contributed by atoms with Crippen LogP contribution in [-0.4, -0.2) is 28.2 Å². The minimum absolute atomic E-state index is 0.0319. The molecule has 3 rings (SSSR count). The maximum Gasteiger partial charge on any atom is 0.257 e. The van der Waals surface area contributed by atoms with Crippen LogP contribution in [-0.2, 0) is 11.2 Å². The summed E-state index contributed by atoms with van der Waals surface area (Å²) >= 11 is 1.15. The molecule has 0 radical (unpaired) electrons. The number of hydrogen-bond acceptors (Lipinski definition) is 6. The standard InChI is InChI=1S/C19H17N5O2S/c1-13-6-5-9-15(10-13)18(26)21-19-24-23-17(27-19)11-16(25)22-20-12-14-7-3-2-4-8-14/h2-10,12H,11H2,1H3,(H,22,25)(H,21,24,26)/b20-12-. The molecular weight excluding hydrogens is 362 g/mol. The molecule has 1 heterocycles. The van der Waals surface area contributed by atoms with Crippen LogP contribution in [0.15, 0.2) is 59.7 Å². The third-order valence-electron chi connectivity index (χ3n) is 3.48. The first kappa shape index (κ1) is 18.4. The number of nitrogens with zero attached hydrogens (tertiary/aromatic N) is 3. The maximum atomic E-state index is 12.2. The fraction of sp³-hybridized carbons (Fsp3) is 0.105. The predicted molar refractivity (Wildman–Crippen MR) is 105 cm³/mol. The third kappa shape index (κ3) is 5.55. The molecule has 3 aromatic rings. The van der Waals surface area contributed by atoms with E-state index in [4.69, 9.17) is 0 Å². The second kappa shape index (κ2) is 8.81. The van der Waals surface area contributed by atoms with Gasteiger partial charge in [0.1, 0.15) is 5.01 Å². The van der Waals surface area contributed by atoms with Gasteiger partial charge in [-0.25, -0.2) is 5.43 Å². The Balaban J connectivity index is 1.52. The van der Waals surface area contributed by atoms with E-state index in [2.05, 4.69) is 26.0 Å². The number of hydrazone groups is 1. The second-order valence-electron chi connectivity index (χ2n) is 5.71. The number of benzene rings is 2. The maximum absolute atomic E-state index is 12.2. The van der Waals surface area contributed by atoms with Crippen molar-refractivity contribution in [2.24, 2.45) is 5.10 Å². The van der Waals surface area contributed by atoms with Gasteiger partial charge in [-0.1, -0.05) is 59.4 Å². The fourth-order valence-electron chi connectivity index (χ4n) is 2.23. The Hall–Kier alpha value is -3.39. The third-order valence-corrected chi connectivity index (χ3v) is 4.32. The van der Waals surface area contributed by atoms with Crippen molar-refractivity contribution in [2.75, 3.05) is 5.32 Å². The number of hydrogen-bond donors (Lipinski definition) is 2. The minimum Gasteiger partial charge on any atom is -0.296 e. The highest BCUT2D eigenvalue weighted by Gasteiger charge is 2.12. The van der Waals surface area contributed by atoms with Crippen molar-refractivity contribution in [3.63, 3.8) is 0 Å². The van der Waals surface area contributed by atoms with Crippen molar-refractivity contribution in [1.29, 1.82) is 0 Å². The van der Waals surface area contributed by atoms with E-state index in [0.29, 0.717) is 15.7 Å². The largest absolute Gasteiger partial charge is 0.296 e. The number of nitrogens with one attached hydrogen (secondary N) is 2. The molecule has 0 fully saturated rings. The Morgan fingerprint density at radius 3 is 2.70 bits per heavy atom. The number of carbonyl (C=O) groups is 2. The Labute approximate surface area is 160 Å². The van der Waals surface area contributed by atoms with E-state index in [0.717, 1.165) is 22.5 Å². The Bertz CT molecular complexity index is 969. The lowest BCUT2D eigenvalue weighted by Gasteiger charge is -2.01. The van der Waals surface area contributed by atoms with E-state index in [1.54, 1.807) is 18.3 Å². The number of aryl methyl sites for hydroxylation is 1. The van der Waals surface area contributed by atoms with Crippen molar-refractivity contribution in [3.8, 4) is 0 Å². The molecule has 8 heteroatoms. The van der Waals surface area contributed by atoms with Gasteiger partial charge in [-0.3, -0.25) is 14.9 Å². The van der Waals surface area contributed by atoms with Crippen LogP contribution in [0, 0.1) is 6.92 Å². The van der Waals surface area contributed by atoms with Crippen molar-refractivity contribution >= 4 is 34.5 Å². The minimum atomic E-state index is -0.310. The zero-order valence-electron chi connectivity index (χ0n) is 14.5. The Morgan fingerprint density at radius 2 is 1.93 bits per heavy atom. The number of carbonyl (C=O) groups excluding carboxylic acids is 2. The topological polar surface area (TPSA) is 96.3 Å². The Morgan fingerprint density at radius 1 is 1.11 bits per heavy atom. The van der Waals surface area contributed by atoms with Crippen LogP contribution < -0.4 is 10.7 Å². The van der Waals surface area contributed by atoms with Gasteiger partial charge in [-0.05, 0) is 24.6 Å². The van der Waals surface area contributed by atoms with Crippen LogP contribution in [0.3, 0.4) is 0 Å². The molecule has 27 heavy (non-hydrogen) atoms. The number of rotatable bonds is 6. The van der Waals surface area contributed by atoms with Gasteiger partial charge in [-0.15, -0.1) is 10.2 Å². The number of amides is 2. The fourth-order valence-corrected chi connectivity index (χ4v) is 2.96. The van der Waals surface area contributed by atoms with E-state index in [1.807, 2.05) is 49.4 Å². The summed E-state index contributed by atoms with van der Waals surface area (Å²) in [4.78, 5) is 24.1. The summed E-state index contributed by atoms with van der Waals surface area (Å²) in [6.45, 7) is 1.92. The zero-order valence-corrected chi connectivity index (χ0v) is 15.4. The van der Waals surface area contributed by atoms with Gasteiger partial charge in [-0.2, -0.15) is 5.10 Å². The average Bonchev–Trinajstić information content (AvgIpc) is 3.09. The van der Waals surface area contributed by atoms with E-state index >= 15 is 0 Å². The van der Waals surface area contributed by atoms with Crippen LogP contribution in [0.2, 0.25) is 0 Å². The molecule has 0 atom stereocenters.